The van der Waals surface area contributed by atoms with Gasteiger partial charge in [-0.05, 0) is 45.7 Å². The van der Waals surface area contributed by atoms with Crippen LogP contribution in [0.4, 0.5) is 0 Å². The quantitative estimate of drug-likeness (QED) is 0.642. The smallest absolute Gasteiger partial charge is 0.0477 e. The Morgan fingerprint density at radius 3 is 2.72 bits per heavy atom. The van der Waals surface area contributed by atoms with Crippen LogP contribution in [0.1, 0.15) is 46.0 Å². The molecule has 1 N–H and O–H groups in total. The van der Waals surface area contributed by atoms with Crippen molar-refractivity contribution in [3.63, 3.8) is 0 Å². The van der Waals surface area contributed by atoms with Gasteiger partial charge in [0.2, 0.25) is 0 Å². The number of ether oxygens (including phenoxy) is 1. The van der Waals surface area contributed by atoms with Crippen LogP contribution in [0, 0.1) is 5.92 Å². The van der Waals surface area contributed by atoms with Gasteiger partial charge < -0.3 is 15.0 Å². The van der Waals surface area contributed by atoms with Crippen molar-refractivity contribution in [2.45, 2.75) is 52.0 Å². The Balaban J connectivity index is 2.00. The summed E-state index contributed by atoms with van der Waals surface area (Å²) < 4.78 is 5.32. The second-order valence-electron chi connectivity index (χ2n) is 5.61. The molecule has 2 unspecified atom stereocenters. The van der Waals surface area contributed by atoms with Gasteiger partial charge in [-0.25, -0.2) is 0 Å². The normalized spacial score (nSPS) is 24.7. The lowest BCUT2D eigenvalue weighted by Crippen LogP contribution is -2.42. The zero-order valence-electron chi connectivity index (χ0n) is 12.6. The van der Waals surface area contributed by atoms with Crippen LogP contribution in [0.3, 0.4) is 0 Å². The average Bonchev–Trinajstić information content (AvgIpc) is 2.38. The van der Waals surface area contributed by atoms with E-state index in [0.29, 0.717) is 0 Å². The van der Waals surface area contributed by atoms with Crippen molar-refractivity contribution in [1.82, 2.24) is 10.2 Å². The lowest BCUT2D eigenvalue weighted by molar-refractivity contribution is 0.136. The van der Waals surface area contributed by atoms with Crippen molar-refractivity contribution in [1.29, 1.82) is 0 Å². The van der Waals surface area contributed by atoms with Gasteiger partial charge in [-0.1, -0.05) is 19.8 Å². The van der Waals surface area contributed by atoms with Gasteiger partial charge in [-0.3, -0.25) is 0 Å². The summed E-state index contributed by atoms with van der Waals surface area (Å²) in [4.78, 5) is 2.55. The van der Waals surface area contributed by atoms with Gasteiger partial charge in [0.1, 0.15) is 0 Å². The molecule has 0 bridgehead atoms. The topological polar surface area (TPSA) is 24.5 Å². The Hall–Kier alpha value is -0.120. The highest BCUT2D eigenvalue weighted by Crippen LogP contribution is 2.26. The Bertz CT molecular complexity index is 199. The van der Waals surface area contributed by atoms with Gasteiger partial charge in [0.05, 0.1) is 0 Å². The molecule has 0 aromatic carbocycles. The van der Waals surface area contributed by atoms with Crippen LogP contribution in [-0.2, 0) is 4.74 Å². The van der Waals surface area contributed by atoms with Crippen LogP contribution in [0.25, 0.3) is 0 Å². The zero-order chi connectivity index (χ0) is 13.2. The SMILES string of the molecule is CCOCCCNCCN(C)C1CCCCC1C. The first kappa shape index (κ1) is 15.9. The third kappa shape index (κ3) is 6.17. The molecule has 108 valence electrons. The van der Waals surface area contributed by atoms with Crippen LogP contribution in [-0.4, -0.2) is 50.8 Å². The van der Waals surface area contributed by atoms with Crippen molar-refractivity contribution in [3.8, 4) is 0 Å². The van der Waals surface area contributed by atoms with Crippen molar-refractivity contribution in [3.05, 3.63) is 0 Å². The van der Waals surface area contributed by atoms with Crippen molar-refractivity contribution in [2.24, 2.45) is 5.92 Å². The first-order valence-corrected chi connectivity index (χ1v) is 7.74. The first-order valence-electron chi connectivity index (χ1n) is 7.74. The predicted molar refractivity (Wildman–Crippen MR) is 78.0 cm³/mol. The maximum Gasteiger partial charge on any atom is 0.0477 e. The maximum atomic E-state index is 5.32. The van der Waals surface area contributed by atoms with Crippen LogP contribution < -0.4 is 5.32 Å². The van der Waals surface area contributed by atoms with Gasteiger partial charge in [-0.15, -0.1) is 0 Å². The average molecular weight is 256 g/mol. The monoisotopic (exact) mass is 256 g/mol. The molecule has 0 aromatic rings. The summed E-state index contributed by atoms with van der Waals surface area (Å²) in [6, 6.07) is 0.809. The molecule has 0 amide bonds. The molecular formula is C15H32N2O. The Morgan fingerprint density at radius 1 is 1.22 bits per heavy atom. The summed E-state index contributed by atoms with van der Waals surface area (Å²) in [5, 5.41) is 3.51. The third-order valence-electron chi connectivity index (χ3n) is 4.12. The number of nitrogens with one attached hydrogen (secondary N) is 1. The van der Waals surface area contributed by atoms with E-state index in [4.69, 9.17) is 4.74 Å². The van der Waals surface area contributed by atoms with E-state index in [0.717, 1.165) is 44.7 Å². The fourth-order valence-electron chi connectivity index (χ4n) is 2.94. The standard InChI is InChI=1S/C15H32N2O/c1-4-18-13-7-10-16-11-12-17(3)15-9-6-5-8-14(15)2/h14-16H,4-13H2,1-3H3. The number of likely N-dealkylation sites (N-methyl/N-ethyl adjacent to an activating group) is 1. The molecule has 3 nitrogen and oxygen atoms in total. The Morgan fingerprint density at radius 2 is 2.00 bits per heavy atom. The number of hydrogen-bond donors (Lipinski definition) is 1. The molecule has 0 spiro atoms. The lowest BCUT2D eigenvalue weighted by Gasteiger charge is -2.36. The number of nitrogens with zero attached hydrogens (tertiary/aromatic N) is 1. The fourth-order valence-corrected chi connectivity index (χ4v) is 2.94. The molecule has 1 aliphatic carbocycles. The van der Waals surface area contributed by atoms with Gasteiger partial charge in [0.25, 0.3) is 0 Å². The molecule has 1 fully saturated rings. The van der Waals surface area contributed by atoms with Crippen LogP contribution in [0.2, 0.25) is 0 Å². The van der Waals surface area contributed by atoms with Crippen molar-refractivity contribution in [2.75, 3.05) is 39.9 Å². The van der Waals surface area contributed by atoms with Crippen molar-refractivity contribution < 1.29 is 4.74 Å². The Kier molecular flexibility index (Phi) is 8.64. The van der Waals surface area contributed by atoms with Gasteiger partial charge >= 0.3 is 0 Å². The molecule has 0 aliphatic heterocycles. The second kappa shape index (κ2) is 9.76. The molecule has 1 rings (SSSR count). The second-order valence-corrected chi connectivity index (χ2v) is 5.61. The molecule has 0 heterocycles. The van der Waals surface area contributed by atoms with E-state index in [1.807, 2.05) is 6.92 Å². The summed E-state index contributed by atoms with van der Waals surface area (Å²) >= 11 is 0. The summed E-state index contributed by atoms with van der Waals surface area (Å²) in [5.74, 6) is 0.877. The minimum absolute atomic E-state index is 0.809. The molecule has 1 saturated carbocycles. The summed E-state index contributed by atoms with van der Waals surface area (Å²) in [6.07, 6.45) is 6.78. The van der Waals surface area contributed by atoms with E-state index in [1.165, 1.54) is 32.2 Å². The zero-order valence-corrected chi connectivity index (χ0v) is 12.6. The van der Waals surface area contributed by atoms with E-state index in [9.17, 15) is 0 Å². The molecule has 0 radical (unpaired) electrons. The molecule has 2 atom stereocenters. The van der Waals surface area contributed by atoms with Crippen LogP contribution in [0.15, 0.2) is 0 Å². The molecule has 1 aliphatic rings. The molecule has 0 saturated heterocycles. The highest BCUT2D eigenvalue weighted by molar-refractivity contribution is 4.79. The van der Waals surface area contributed by atoms with Crippen LogP contribution in [0.5, 0.6) is 0 Å². The number of rotatable bonds is 9. The van der Waals surface area contributed by atoms with Crippen molar-refractivity contribution >= 4 is 0 Å². The highest BCUT2D eigenvalue weighted by Gasteiger charge is 2.24. The third-order valence-corrected chi connectivity index (χ3v) is 4.12. The maximum absolute atomic E-state index is 5.32. The summed E-state index contributed by atoms with van der Waals surface area (Å²) in [5.41, 5.74) is 0. The lowest BCUT2D eigenvalue weighted by atomic mass is 9.85. The largest absolute Gasteiger partial charge is 0.382 e. The van der Waals surface area contributed by atoms with Gasteiger partial charge in [0.15, 0.2) is 0 Å². The fraction of sp³-hybridized carbons (Fsp3) is 1.00. The van der Waals surface area contributed by atoms with Gasteiger partial charge in [0, 0.05) is 32.3 Å². The number of hydrogen-bond acceptors (Lipinski definition) is 3. The summed E-state index contributed by atoms with van der Waals surface area (Å²) in [7, 11) is 2.29. The summed E-state index contributed by atoms with van der Waals surface area (Å²) in [6.45, 7) is 9.54. The van der Waals surface area contributed by atoms with Gasteiger partial charge in [-0.2, -0.15) is 0 Å². The molecule has 3 heteroatoms. The van der Waals surface area contributed by atoms with Crippen LogP contribution >= 0.6 is 0 Å². The minimum atomic E-state index is 0.809. The molecule has 0 aromatic heterocycles. The Labute approximate surface area is 113 Å². The first-order chi connectivity index (χ1) is 8.75. The van der Waals surface area contributed by atoms with E-state index < -0.39 is 0 Å². The highest BCUT2D eigenvalue weighted by atomic mass is 16.5. The van der Waals surface area contributed by atoms with E-state index in [1.54, 1.807) is 0 Å². The minimum Gasteiger partial charge on any atom is -0.382 e. The van der Waals surface area contributed by atoms with E-state index >= 15 is 0 Å². The molecular weight excluding hydrogens is 224 g/mol. The molecule has 18 heavy (non-hydrogen) atoms. The predicted octanol–water partition coefficient (Wildman–Crippen LogP) is 2.51. The van der Waals surface area contributed by atoms with E-state index in [-0.39, 0.29) is 0 Å². The van der Waals surface area contributed by atoms with E-state index in [2.05, 4.69) is 24.2 Å².